The first-order valence-corrected chi connectivity index (χ1v) is 15.8. The minimum absolute atomic E-state index is 0.0175. The molecule has 0 aliphatic carbocycles. The predicted molar refractivity (Wildman–Crippen MR) is 171 cm³/mol. The summed E-state index contributed by atoms with van der Waals surface area (Å²) in [6, 6.07) is 13.3. The Morgan fingerprint density at radius 1 is 0.979 bits per heavy atom. The van der Waals surface area contributed by atoms with E-state index in [1.54, 1.807) is 31.2 Å². The molecule has 1 fully saturated rings. The van der Waals surface area contributed by atoms with Crippen LogP contribution in [0.3, 0.4) is 0 Å². The van der Waals surface area contributed by atoms with Gasteiger partial charge in [-0.2, -0.15) is 13.2 Å². The van der Waals surface area contributed by atoms with Crippen molar-refractivity contribution in [3.63, 3.8) is 0 Å². The monoisotopic (exact) mass is 673 g/mol. The van der Waals surface area contributed by atoms with Gasteiger partial charge in [0.25, 0.3) is 5.76 Å². The number of carbonyl (C=O) groups excluding carboxylic acids is 1. The summed E-state index contributed by atoms with van der Waals surface area (Å²) in [4.78, 5) is 28.8. The first-order valence-electron chi connectivity index (χ1n) is 15.4. The van der Waals surface area contributed by atoms with Crippen LogP contribution >= 0.6 is 11.6 Å². The standard InChI is InChI=1S/C35H35ClF3NO7/c1-3-4-5-6-17-44-24-9-7-23(8-10-24)34(42)46-29-14-12-26-30(41)32(45-25-11-13-28(36)22(2)20-25)33(35(37,38)39)47-31(26)27(29)21-40-15-18-43-19-16-40/h7-14,20H,3-6,15-19,21H2,1-2H3. The molecule has 0 unspecified atom stereocenters. The number of carbonyl (C=O) groups is 1. The zero-order valence-corrected chi connectivity index (χ0v) is 26.8. The van der Waals surface area contributed by atoms with E-state index in [2.05, 4.69) is 6.92 Å². The van der Waals surface area contributed by atoms with Gasteiger partial charge < -0.3 is 23.4 Å². The van der Waals surface area contributed by atoms with Gasteiger partial charge in [0.1, 0.15) is 22.8 Å². The lowest BCUT2D eigenvalue weighted by molar-refractivity contribution is -0.154. The van der Waals surface area contributed by atoms with Crippen LogP contribution in [0.5, 0.6) is 23.0 Å². The molecule has 0 amide bonds. The van der Waals surface area contributed by atoms with Crippen LogP contribution in [-0.2, 0) is 17.5 Å². The van der Waals surface area contributed by atoms with Crippen molar-refractivity contribution in [3.05, 3.63) is 92.3 Å². The van der Waals surface area contributed by atoms with Crippen molar-refractivity contribution in [2.75, 3.05) is 32.9 Å². The van der Waals surface area contributed by atoms with Gasteiger partial charge in [0, 0.05) is 24.7 Å². The summed E-state index contributed by atoms with van der Waals surface area (Å²) in [5, 5.41) is 0.220. The Labute approximate surface area is 274 Å². The number of hydrogen-bond donors (Lipinski definition) is 0. The molecule has 47 heavy (non-hydrogen) atoms. The summed E-state index contributed by atoms with van der Waals surface area (Å²) >= 11 is 6.05. The summed E-state index contributed by atoms with van der Waals surface area (Å²) < 4.78 is 71.2. The van der Waals surface area contributed by atoms with Crippen LogP contribution in [-0.4, -0.2) is 43.8 Å². The lowest BCUT2D eigenvalue weighted by atomic mass is 10.1. The molecule has 3 aromatic carbocycles. The maximum absolute atomic E-state index is 14.4. The molecule has 2 heterocycles. The molecule has 0 radical (unpaired) electrons. The third kappa shape index (κ3) is 8.46. The van der Waals surface area contributed by atoms with Gasteiger partial charge in [-0.1, -0.05) is 37.8 Å². The molecular formula is C35H35ClF3NO7. The van der Waals surface area contributed by atoms with E-state index in [0.29, 0.717) is 49.2 Å². The largest absolute Gasteiger partial charge is 0.494 e. The first kappa shape index (κ1) is 34.3. The summed E-state index contributed by atoms with van der Waals surface area (Å²) in [5.41, 5.74) is -0.517. The van der Waals surface area contributed by atoms with Crippen LogP contribution in [0, 0.1) is 6.92 Å². The molecule has 8 nitrogen and oxygen atoms in total. The molecule has 5 rings (SSSR count). The second kappa shape index (κ2) is 15.2. The fourth-order valence-electron chi connectivity index (χ4n) is 5.15. The summed E-state index contributed by atoms with van der Waals surface area (Å²) in [6.45, 7) is 6.13. The molecule has 12 heteroatoms. The summed E-state index contributed by atoms with van der Waals surface area (Å²) in [7, 11) is 0. The van der Waals surface area contributed by atoms with Crippen molar-refractivity contribution in [3.8, 4) is 23.0 Å². The second-order valence-electron chi connectivity index (χ2n) is 11.2. The molecule has 1 aliphatic rings. The normalized spacial score (nSPS) is 13.9. The van der Waals surface area contributed by atoms with Crippen molar-refractivity contribution in [1.29, 1.82) is 0 Å². The number of alkyl halides is 3. The highest BCUT2D eigenvalue weighted by Gasteiger charge is 2.41. The number of morpholine rings is 1. The Morgan fingerprint density at radius 3 is 2.38 bits per heavy atom. The number of nitrogens with zero attached hydrogens (tertiary/aromatic N) is 1. The van der Waals surface area contributed by atoms with E-state index in [-0.39, 0.29) is 40.1 Å². The van der Waals surface area contributed by atoms with E-state index >= 15 is 0 Å². The molecule has 1 aliphatic heterocycles. The van der Waals surface area contributed by atoms with Gasteiger partial charge in [-0.15, -0.1) is 0 Å². The Balaban J connectivity index is 1.50. The zero-order valence-electron chi connectivity index (χ0n) is 26.1. The van der Waals surface area contributed by atoms with Crippen LogP contribution < -0.4 is 19.6 Å². The highest BCUT2D eigenvalue weighted by Crippen LogP contribution is 2.41. The molecule has 250 valence electrons. The molecule has 0 atom stereocenters. The molecular weight excluding hydrogens is 639 g/mol. The number of fused-ring (bicyclic) bond motifs is 1. The lowest BCUT2D eigenvalue weighted by Crippen LogP contribution is -2.36. The minimum Gasteiger partial charge on any atom is -0.494 e. The van der Waals surface area contributed by atoms with Gasteiger partial charge in [-0.25, -0.2) is 4.79 Å². The Bertz CT molecular complexity index is 1770. The number of ether oxygens (including phenoxy) is 4. The van der Waals surface area contributed by atoms with E-state index in [4.69, 9.17) is 35.0 Å². The van der Waals surface area contributed by atoms with Crippen LogP contribution in [0.15, 0.2) is 63.8 Å². The molecule has 0 N–H and O–H groups in total. The zero-order chi connectivity index (χ0) is 33.6. The van der Waals surface area contributed by atoms with Gasteiger partial charge in [0.05, 0.1) is 36.3 Å². The van der Waals surface area contributed by atoms with Crippen molar-refractivity contribution in [2.24, 2.45) is 0 Å². The number of esters is 1. The number of aryl methyl sites for hydroxylation is 1. The summed E-state index contributed by atoms with van der Waals surface area (Å²) in [5.74, 6) is -2.82. The fraction of sp³-hybridized carbons (Fsp3) is 0.371. The molecule has 1 aromatic heterocycles. The number of benzene rings is 3. The van der Waals surface area contributed by atoms with Gasteiger partial charge >= 0.3 is 12.1 Å². The van der Waals surface area contributed by atoms with E-state index in [9.17, 15) is 22.8 Å². The van der Waals surface area contributed by atoms with Crippen LogP contribution in [0.25, 0.3) is 11.0 Å². The smallest absolute Gasteiger partial charge is 0.453 e. The third-order valence-corrected chi connectivity index (χ3v) is 8.15. The molecule has 4 aromatic rings. The van der Waals surface area contributed by atoms with Gasteiger partial charge in [-0.3, -0.25) is 9.69 Å². The van der Waals surface area contributed by atoms with E-state index < -0.39 is 29.1 Å². The first-order chi connectivity index (χ1) is 22.5. The number of rotatable bonds is 12. The van der Waals surface area contributed by atoms with Crippen molar-refractivity contribution in [1.82, 2.24) is 4.90 Å². The van der Waals surface area contributed by atoms with Crippen molar-refractivity contribution < 1.29 is 41.3 Å². The molecule has 0 saturated carbocycles. The topological polar surface area (TPSA) is 87.4 Å². The molecule has 0 bridgehead atoms. The van der Waals surface area contributed by atoms with Gasteiger partial charge in [-0.05, 0) is 73.5 Å². The Morgan fingerprint density at radius 2 is 1.70 bits per heavy atom. The van der Waals surface area contributed by atoms with E-state index in [1.807, 2.05) is 4.90 Å². The van der Waals surface area contributed by atoms with Gasteiger partial charge in [0.2, 0.25) is 11.2 Å². The van der Waals surface area contributed by atoms with Gasteiger partial charge in [0.15, 0.2) is 0 Å². The van der Waals surface area contributed by atoms with Crippen LogP contribution in [0.4, 0.5) is 13.2 Å². The highest BCUT2D eigenvalue weighted by molar-refractivity contribution is 6.31. The van der Waals surface area contributed by atoms with Crippen LogP contribution in [0.2, 0.25) is 5.02 Å². The summed E-state index contributed by atoms with van der Waals surface area (Å²) in [6.07, 6.45) is -0.841. The number of unbranched alkanes of at least 4 members (excludes halogenated alkanes) is 3. The molecule has 0 spiro atoms. The Kier molecular flexibility index (Phi) is 11.1. The average Bonchev–Trinajstić information content (AvgIpc) is 3.05. The number of hydrogen-bond acceptors (Lipinski definition) is 8. The maximum Gasteiger partial charge on any atom is 0.453 e. The highest BCUT2D eigenvalue weighted by atomic mass is 35.5. The second-order valence-corrected chi connectivity index (χ2v) is 11.6. The number of halogens is 4. The van der Waals surface area contributed by atoms with E-state index in [0.717, 1.165) is 25.7 Å². The average molecular weight is 674 g/mol. The minimum atomic E-state index is -5.09. The van der Waals surface area contributed by atoms with Crippen LogP contribution in [0.1, 0.15) is 59.9 Å². The Hall–Kier alpha value is -4.06. The quantitative estimate of drug-likeness (QED) is 0.0840. The third-order valence-electron chi connectivity index (χ3n) is 7.73. The molecule has 1 saturated heterocycles. The fourth-order valence-corrected chi connectivity index (χ4v) is 5.27. The lowest BCUT2D eigenvalue weighted by Gasteiger charge is -2.27. The van der Waals surface area contributed by atoms with E-state index in [1.165, 1.54) is 30.3 Å². The predicted octanol–water partition coefficient (Wildman–Crippen LogP) is 8.58. The SMILES string of the molecule is CCCCCCOc1ccc(C(=O)Oc2ccc3c(=O)c(Oc4ccc(Cl)c(C)c4)c(C(F)(F)F)oc3c2CN2CCOCC2)cc1. The van der Waals surface area contributed by atoms with Crippen molar-refractivity contribution in [2.45, 2.75) is 52.3 Å². The maximum atomic E-state index is 14.4. The van der Waals surface area contributed by atoms with Crippen molar-refractivity contribution >= 4 is 28.5 Å².